The van der Waals surface area contributed by atoms with Gasteiger partial charge in [0.25, 0.3) is 5.91 Å². The van der Waals surface area contributed by atoms with Gasteiger partial charge in [0, 0.05) is 94.8 Å². The molecule has 3 aromatic carbocycles. The number of anilines is 4. The molecule has 56 heavy (non-hydrogen) atoms. The van der Waals surface area contributed by atoms with Gasteiger partial charge in [-0.1, -0.05) is 23.7 Å². The highest BCUT2D eigenvalue weighted by atomic mass is 35.5. The van der Waals surface area contributed by atoms with Crippen molar-refractivity contribution in [2.75, 3.05) is 85.5 Å². The van der Waals surface area contributed by atoms with Gasteiger partial charge in [-0.3, -0.25) is 24.6 Å². The average molecular weight is 777 g/mol. The number of benzene rings is 3. The summed E-state index contributed by atoms with van der Waals surface area (Å²) in [6, 6.07) is 24.4. The lowest BCUT2D eigenvalue weighted by molar-refractivity contribution is -0.133. The summed E-state index contributed by atoms with van der Waals surface area (Å²) < 4.78 is 0. The van der Waals surface area contributed by atoms with Crippen LogP contribution < -0.4 is 25.3 Å². The Bertz CT molecular complexity index is 1960. The molecule has 5 aliphatic rings. The van der Waals surface area contributed by atoms with Gasteiger partial charge < -0.3 is 24.9 Å². The molecule has 12 heteroatoms. The topological polar surface area (TPSA) is 115 Å². The van der Waals surface area contributed by atoms with Crippen LogP contribution in [-0.2, 0) is 9.59 Å². The maximum absolute atomic E-state index is 13.6. The van der Waals surface area contributed by atoms with Gasteiger partial charge in [0.15, 0.2) is 0 Å². The number of hydrogen-bond acceptors (Lipinski definition) is 9. The predicted molar refractivity (Wildman–Crippen MR) is 221 cm³/mol. The number of hydrogen-bond donors (Lipinski definition) is 2. The van der Waals surface area contributed by atoms with Crippen LogP contribution in [0.3, 0.4) is 0 Å². The number of carbonyl (C=O) groups is 3. The number of amides is 3. The minimum absolute atomic E-state index is 0.133. The lowest BCUT2D eigenvalue weighted by atomic mass is 9.76. The molecule has 5 saturated heterocycles. The number of imide groups is 1. The summed E-state index contributed by atoms with van der Waals surface area (Å²) in [5.41, 5.74) is 5.88. The molecule has 5 aliphatic heterocycles. The standard InChI is InChI=1S/C44H53ClN8O3/c1-31-27-44(30-53(31)36-11-8-34(28-46)37(45)26-36)16-20-50(21-17-44)35-9-6-33(7-10-35)43(56)52-18-14-32(15-19-52)29-49-22-24-51(25-23-49)40-5-3-2-4-38(40)47-39-12-13-41(54)48-42(39)55/h2-11,26,31-32,39,47H,12-25,27,29-30H2,1H3,(H,48,54,55)/t31-,39?/m1/s1. The normalized spacial score (nSPS) is 23.3. The molecule has 294 valence electrons. The van der Waals surface area contributed by atoms with E-state index in [1.54, 1.807) is 0 Å². The number of nitrogens with one attached hydrogen (secondary N) is 2. The molecule has 3 aromatic rings. The van der Waals surface area contributed by atoms with Crippen LogP contribution >= 0.6 is 11.6 Å². The van der Waals surface area contributed by atoms with Crippen LogP contribution in [0.2, 0.25) is 5.02 Å². The van der Waals surface area contributed by atoms with Crippen LogP contribution in [0.25, 0.3) is 0 Å². The van der Waals surface area contributed by atoms with Crippen LogP contribution in [0, 0.1) is 22.7 Å². The molecule has 3 amide bonds. The maximum atomic E-state index is 13.6. The van der Waals surface area contributed by atoms with E-state index in [0.717, 1.165) is 120 Å². The fraction of sp³-hybridized carbons (Fsp3) is 0.500. The summed E-state index contributed by atoms with van der Waals surface area (Å²) in [7, 11) is 0. The van der Waals surface area contributed by atoms with Crippen LogP contribution in [0.5, 0.6) is 0 Å². The Hall–Kier alpha value is -4.79. The second-order valence-corrected chi connectivity index (χ2v) is 17.1. The van der Waals surface area contributed by atoms with Crippen LogP contribution in [-0.4, -0.2) is 105 Å². The van der Waals surface area contributed by atoms with E-state index in [1.165, 1.54) is 5.69 Å². The Balaban J connectivity index is 0.773. The molecule has 2 N–H and O–H groups in total. The first-order valence-electron chi connectivity index (χ1n) is 20.4. The number of piperidine rings is 3. The molecule has 0 saturated carbocycles. The first-order valence-corrected chi connectivity index (χ1v) is 20.8. The zero-order chi connectivity index (χ0) is 38.8. The quantitative estimate of drug-likeness (QED) is 0.267. The Kier molecular flexibility index (Phi) is 11.1. The fourth-order valence-electron chi connectivity index (χ4n) is 9.78. The van der Waals surface area contributed by atoms with Crippen molar-refractivity contribution in [2.24, 2.45) is 11.3 Å². The van der Waals surface area contributed by atoms with E-state index < -0.39 is 6.04 Å². The van der Waals surface area contributed by atoms with Crippen molar-refractivity contribution >= 4 is 52.1 Å². The number of para-hydroxylation sites is 2. The largest absolute Gasteiger partial charge is 0.372 e. The van der Waals surface area contributed by atoms with Crippen molar-refractivity contribution < 1.29 is 14.4 Å². The van der Waals surface area contributed by atoms with Crippen molar-refractivity contribution in [1.29, 1.82) is 5.26 Å². The van der Waals surface area contributed by atoms with E-state index in [0.29, 0.717) is 35.4 Å². The Morgan fingerprint density at radius 3 is 2.30 bits per heavy atom. The van der Waals surface area contributed by atoms with E-state index in [9.17, 15) is 19.6 Å². The van der Waals surface area contributed by atoms with Crippen molar-refractivity contribution in [3.8, 4) is 6.07 Å². The van der Waals surface area contributed by atoms with Crippen LogP contribution in [0.15, 0.2) is 66.7 Å². The van der Waals surface area contributed by atoms with Gasteiger partial charge in [-0.2, -0.15) is 5.26 Å². The van der Waals surface area contributed by atoms with Gasteiger partial charge in [0.1, 0.15) is 12.1 Å². The molecule has 0 aliphatic carbocycles. The average Bonchev–Trinajstić information content (AvgIpc) is 3.54. The second-order valence-electron chi connectivity index (χ2n) is 16.7. The number of carbonyl (C=O) groups excluding carboxylic acids is 3. The van der Waals surface area contributed by atoms with E-state index in [1.807, 2.05) is 53.4 Å². The van der Waals surface area contributed by atoms with E-state index in [-0.39, 0.29) is 23.1 Å². The first kappa shape index (κ1) is 38.1. The molecule has 5 heterocycles. The monoisotopic (exact) mass is 776 g/mol. The van der Waals surface area contributed by atoms with Gasteiger partial charge in [-0.15, -0.1) is 0 Å². The molecule has 8 rings (SSSR count). The maximum Gasteiger partial charge on any atom is 0.253 e. The van der Waals surface area contributed by atoms with E-state index in [2.05, 4.69) is 61.4 Å². The third-order valence-electron chi connectivity index (χ3n) is 13.1. The van der Waals surface area contributed by atoms with Gasteiger partial charge in [0.05, 0.1) is 22.0 Å². The van der Waals surface area contributed by atoms with Crippen molar-refractivity contribution in [3.05, 3.63) is 82.9 Å². The highest BCUT2D eigenvalue weighted by Gasteiger charge is 2.44. The highest BCUT2D eigenvalue weighted by Crippen LogP contribution is 2.46. The van der Waals surface area contributed by atoms with E-state index >= 15 is 0 Å². The minimum atomic E-state index is -0.404. The van der Waals surface area contributed by atoms with Crippen molar-refractivity contribution in [1.82, 2.24) is 15.1 Å². The summed E-state index contributed by atoms with van der Waals surface area (Å²) in [5, 5.41) is 15.6. The molecular formula is C44H53ClN8O3. The molecule has 1 unspecified atom stereocenters. The Morgan fingerprint density at radius 2 is 1.61 bits per heavy atom. The third kappa shape index (κ3) is 8.19. The number of piperazine rings is 1. The molecular weight excluding hydrogens is 724 g/mol. The fourth-order valence-corrected chi connectivity index (χ4v) is 10.00. The summed E-state index contributed by atoms with van der Waals surface area (Å²) in [6.45, 7) is 11.7. The molecule has 0 bridgehead atoms. The molecule has 5 fully saturated rings. The number of nitrogens with zero attached hydrogens (tertiary/aromatic N) is 6. The lowest BCUT2D eigenvalue weighted by Gasteiger charge is -2.40. The molecule has 0 radical (unpaired) electrons. The second kappa shape index (κ2) is 16.4. The Morgan fingerprint density at radius 1 is 0.893 bits per heavy atom. The summed E-state index contributed by atoms with van der Waals surface area (Å²) in [6.07, 6.45) is 6.30. The van der Waals surface area contributed by atoms with Gasteiger partial charge in [-0.25, -0.2) is 0 Å². The van der Waals surface area contributed by atoms with Crippen molar-refractivity contribution in [2.45, 2.75) is 64.0 Å². The van der Waals surface area contributed by atoms with Gasteiger partial charge in [-0.05, 0) is 111 Å². The smallest absolute Gasteiger partial charge is 0.253 e. The molecule has 1 spiro atoms. The SMILES string of the molecule is C[C@@H]1CC2(CCN(c3ccc(C(=O)N4CCC(CN5CCN(c6ccccc6NC6CCC(=O)NC6=O)CC5)CC4)cc3)CC2)CN1c1ccc(C#N)c(Cl)c1. The third-order valence-corrected chi connectivity index (χ3v) is 13.4. The molecule has 2 atom stereocenters. The number of nitriles is 1. The zero-order valence-corrected chi connectivity index (χ0v) is 33.1. The first-order chi connectivity index (χ1) is 27.2. The summed E-state index contributed by atoms with van der Waals surface area (Å²) in [4.78, 5) is 49.5. The van der Waals surface area contributed by atoms with E-state index in [4.69, 9.17) is 11.6 Å². The number of halogens is 1. The number of rotatable bonds is 8. The molecule has 0 aromatic heterocycles. The minimum Gasteiger partial charge on any atom is -0.372 e. The Labute approximate surface area is 335 Å². The summed E-state index contributed by atoms with van der Waals surface area (Å²) in [5.74, 6) is 0.251. The lowest BCUT2D eigenvalue weighted by Crippen LogP contribution is -2.50. The molecule has 11 nitrogen and oxygen atoms in total. The number of likely N-dealkylation sites (tertiary alicyclic amines) is 1. The highest BCUT2D eigenvalue weighted by molar-refractivity contribution is 6.32. The van der Waals surface area contributed by atoms with Gasteiger partial charge in [0.2, 0.25) is 11.8 Å². The van der Waals surface area contributed by atoms with Crippen LogP contribution in [0.1, 0.15) is 67.8 Å². The predicted octanol–water partition coefficient (Wildman–Crippen LogP) is 5.99. The summed E-state index contributed by atoms with van der Waals surface area (Å²) >= 11 is 6.38. The van der Waals surface area contributed by atoms with Crippen molar-refractivity contribution in [3.63, 3.8) is 0 Å². The zero-order valence-electron chi connectivity index (χ0n) is 32.4. The van der Waals surface area contributed by atoms with Crippen LogP contribution in [0.4, 0.5) is 22.7 Å². The van der Waals surface area contributed by atoms with Gasteiger partial charge >= 0.3 is 0 Å².